The fraction of sp³-hybridized carbons (Fsp3) is 0.200. The van der Waals surface area contributed by atoms with E-state index < -0.39 is 5.97 Å². The van der Waals surface area contributed by atoms with Gasteiger partial charge in [0.15, 0.2) is 6.61 Å². The third-order valence-electron chi connectivity index (χ3n) is 4.20. The van der Waals surface area contributed by atoms with Gasteiger partial charge in [-0.05, 0) is 30.7 Å². The number of carbonyl (C=O) groups excluding carboxylic acids is 2. The maximum atomic E-state index is 12.3. The van der Waals surface area contributed by atoms with Crippen LogP contribution in [0.2, 0.25) is 0 Å². The summed E-state index contributed by atoms with van der Waals surface area (Å²) in [6, 6.07) is 15.1. The van der Waals surface area contributed by atoms with Crippen LogP contribution in [-0.4, -0.2) is 23.1 Å². The van der Waals surface area contributed by atoms with Gasteiger partial charge >= 0.3 is 5.97 Å². The van der Waals surface area contributed by atoms with Crippen LogP contribution in [0.5, 0.6) is 0 Å². The first-order valence-corrected chi connectivity index (χ1v) is 9.01. The zero-order valence-corrected chi connectivity index (χ0v) is 16.1. The first-order valence-electron chi connectivity index (χ1n) is 8.21. The predicted molar refractivity (Wildman–Crippen MR) is 104 cm³/mol. The van der Waals surface area contributed by atoms with E-state index in [9.17, 15) is 9.59 Å². The number of aryl methyl sites for hydroxylation is 1. The van der Waals surface area contributed by atoms with Crippen LogP contribution in [0.1, 0.15) is 28.9 Å². The van der Waals surface area contributed by atoms with E-state index in [0.717, 1.165) is 20.9 Å². The summed E-state index contributed by atoms with van der Waals surface area (Å²) < 4.78 is 8.03. The number of carbonyl (C=O) groups is 2. The molecule has 0 spiro atoms. The number of nitrogens with one attached hydrogen (secondary N) is 1. The van der Waals surface area contributed by atoms with E-state index in [1.165, 1.54) is 0 Å². The zero-order chi connectivity index (χ0) is 18.7. The van der Waals surface area contributed by atoms with Gasteiger partial charge < -0.3 is 14.6 Å². The highest BCUT2D eigenvalue weighted by Gasteiger charge is 2.17. The molecule has 3 aromatic rings. The third-order valence-corrected chi connectivity index (χ3v) is 4.73. The van der Waals surface area contributed by atoms with Crippen molar-refractivity contribution < 1.29 is 14.3 Å². The molecule has 26 heavy (non-hydrogen) atoms. The Labute approximate surface area is 160 Å². The quantitative estimate of drug-likeness (QED) is 0.642. The van der Waals surface area contributed by atoms with Crippen LogP contribution in [0.25, 0.3) is 10.9 Å². The molecule has 0 aliphatic heterocycles. The summed E-state index contributed by atoms with van der Waals surface area (Å²) in [6.45, 7) is 1.57. The molecule has 1 N–H and O–H groups in total. The van der Waals surface area contributed by atoms with Crippen molar-refractivity contribution in [3.63, 3.8) is 0 Å². The molecular weight excluding hydrogens is 396 g/mol. The van der Waals surface area contributed by atoms with Gasteiger partial charge in [-0.1, -0.05) is 46.3 Å². The monoisotopic (exact) mass is 414 g/mol. The normalized spacial score (nSPS) is 12.0. The van der Waals surface area contributed by atoms with E-state index in [1.807, 2.05) is 67.1 Å². The maximum absolute atomic E-state index is 12.3. The van der Waals surface area contributed by atoms with Crippen molar-refractivity contribution in [2.45, 2.75) is 13.0 Å². The van der Waals surface area contributed by atoms with Crippen molar-refractivity contribution in [1.82, 2.24) is 9.88 Å². The van der Waals surface area contributed by atoms with Gasteiger partial charge in [0.25, 0.3) is 5.91 Å². The number of hydrogen-bond acceptors (Lipinski definition) is 3. The topological polar surface area (TPSA) is 60.3 Å². The van der Waals surface area contributed by atoms with Gasteiger partial charge in [0, 0.05) is 28.6 Å². The first kappa shape index (κ1) is 18.2. The molecule has 0 bridgehead atoms. The van der Waals surface area contributed by atoms with Crippen molar-refractivity contribution in [2.24, 2.45) is 7.05 Å². The number of hydrogen-bond donors (Lipinski definition) is 1. The lowest BCUT2D eigenvalue weighted by Crippen LogP contribution is -2.31. The second kappa shape index (κ2) is 7.74. The average molecular weight is 415 g/mol. The Morgan fingerprint density at radius 3 is 2.58 bits per heavy atom. The molecule has 6 heteroatoms. The van der Waals surface area contributed by atoms with E-state index >= 15 is 0 Å². The second-order valence-electron chi connectivity index (χ2n) is 6.09. The third kappa shape index (κ3) is 3.96. The lowest BCUT2D eigenvalue weighted by atomic mass is 10.1. The first-order chi connectivity index (χ1) is 12.5. The van der Waals surface area contributed by atoms with Crippen molar-refractivity contribution >= 4 is 38.7 Å². The van der Waals surface area contributed by atoms with Crippen LogP contribution in [0.15, 0.2) is 59.2 Å². The van der Waals surface area contributed by atoms with Gasteiger partial charge in [0.2, 0.25) is 0 Å². The smallest absolute Gasteiger partial charge is 0.340 e. The van der Waals surface area contributed by atoms with Crippen LogP contribution >= 0.6 is 15.9 Å². The highest BCUT2D eigenvalue weighted by molar-refractivity contribution is 9.10. The van der Waals surface area contributed by atoms with E-state index in [0.29, 0.717) is 5.56 Å². The Bertz CT molecular complexity index is 947. The number of halogens is 1. The van der Waals surface area contributed by atoms with Crippen LogP contribution < -0.4 is 5.32 Å². The Hall–Kier alpha value is -2.60. The number of esters is 1. The number of fused-ring (bicyclic) bond motifs is 1. The van der Waals surface area contributed by atoms with Gasteiger partial charge in [-0.15, -0.1) is 0 Å². The van der Waals surface area contributed by atoms with Crippen LogP contribution in [0.3, 0.4) is 0 Å². The molecule has 0 saturated carbocycles. The molecule has 1 heterocycles. The molecule has 0 radical (unpaired) electrons. The van der Waals surface area contributed by atoms with Gasteiger partial charge in [-0.25, -0.2) is 4.79 Å². The molecule has 5 nitrogen and oxygen atoms in total. The molecular formula is C20H19BrN2O3. The fourth-order valence-corrected chi connectivity index (χ4v) is 3.10. The molecule has 0 fully saturated rings. The Balaban J connectivity index is 1.60. The molecule has 3 rings (SSSR count). The predicted octanol–water partition coefficient (Wildman–Crippen LogP) is 3.98. The van der Waals surface area contributed by atoms with E-state index in [1.54, 1.807) is 6.20 Å². The highest BCUT2D eigenvalue weighted by atomic mass is 79.9. The fourth-order valence-electron chi connectivity index (χ4n) is 2.83. The summed E-state index contributed by atoms with van der Waals surface area (Å²) in [7, 11) is 1.87. The Morgan fingerprint density at radius 2 is 1.85 bits per heavy atom. The number of aromatic nitrogens is 1. The molecule has 0 aliphatic carbocycles. The van der Waals surface area contributed by atoms with Gasteiger partial charge in [-0.2, -0.15) is 0 Å². The molecule has 0 unspecified atom stereocenters. The van der Waals surface area contributed by atoms with E-state index in [2.05, 4.69) is 21.2 Å². The minimum atomic E-state index is -0.506. The largest absolute Gasteiger partial charge is 0.452 e. The lowest BCUT2D eigenvalue weighted by molar-refractivity contribution is -0.124. The molecule has 1 aromatic heterocycles. The van der Waals surface area contributed by atoms with Crippen molar-refractivity contribution in [1.29, 1.82) is 0 Å². The van der Waals surface area contributed by atoms with E-state index in [4.69, 9.17) is 4.74 Å². The summed E-state index contributed by atoms with van der Waals surface area (Å²) in [5.74, 6) is -0.845. The molecule has 134 valence electrons. The van der Waals surface area contributed by atoms with Crippen LogP contribution in [0.4, 0.5) is 0 Å². The van der Waals surface area contributed by atoms with Gasteiger partial charge in [0.05, 0.1) is 11.6 Å². The number of nitrogens with zero attached hydrogens (tertiary/aromatic N) is 1. The lowest BCUT2D eigenvalue weighted by Gasteiger charge is -2.14. The summed E-state index contributed by atoms with van der Waals surface area (Å²) >= 11 is 3.38. The standard InChI is InChI=1S/C20H19BrN2O3/c1-13(14-7-9-15(21)10-8-14)22-19(24)12-26-20(25)17-11-23(2)18-6-4-3-5-16(17)18/h3-11,13H,12H2,1-2H3,(H,22,24)/t13-/m0/s1. The summed E-state index contributed by atoms with van der Waals surface area (Å²) in [5, 5.41) is 3.64. The average Bonchev–Trinajstić information content (AvgIpc) is 2.97. The number of ether oxygens (including phenoxy) is 1. The minimum absolute atomic E-state index is 0.174. The minimum Gasteiger partial charge on any atom is -0.452 e. The Kier molecular flexibility index (Phi) is 5.42. The highest BCUT2D eigenvalue weighted by Crippen LogP contribution is 2.21. The molecule has 1 atom stereocenters. The molecule has 2 aromatic carbocycles. The van der Waals surface area contributed by atoms with Crippen molar-refractivity contribution in [2.75, 3.05) is 6.61 Å². The zero-order valence-electron chi connectivity index (χ0n) is 14.5. The Morgan fingerprint density at radius 1 is 1.15 bits per heavy atom. The maximum Gasteiger partial charge on any atom is 0.340 e. The van der Waals surface area contributed by atoms with Gasteiger partial charge in [0.1, 0.15) is 0 Å². The summed E-state index contributed by atoms with van der Waals surface area (Å²) in [4.78, 5) is 24.4. The van der Waals surface area contributed by atoms with Crippen molar-refractivity contribution in [3.8, 4) is 0 Å². The number of amides is 1. The van der Waals surface area contributed by atoms with Crippen LogP contribution in [0, 0.1) is 0 Å². The summed E-state index contributed by atoms with van der Waals surface area (Å²) in [5.41, 5.74) is 2.37. The SMILES string of the molecule is C[C@H](NC(=O)COC(=O)c1cn(C)c2ccccc12)c1ccc(Br)cc1. The van der Waals surface area contributed by atoms with Crippen molar-refractivity contribution in [3.05, 3.63) is 70.3 Å². The molecule has 0 saturated heterocycles. The van der Waals surface area contributed by atoms with E-state index in [-0.39, 0.29) is 18.6 Å². The summed E-state index contributed by atoms with van der Waals surface area (Å²) in [6.07, 6.45) is 1.72. The number of rotatable bonds is 5. The molecule has 0 aliphatic rings. The number of para-hydroxylation sites is 1. The molecule has 1 amide bonds. The van der Waals surface area contributed by atoms with Gasteiger partial charge in [-0.3, -0.25) is 4.79 Å². The number of benzene rings is 2. The second-order valence-corrected chi connectivity index (χ2v) is 7.00. The van der Waals surface area contributed by atoms with Crippen LogP contribution in [-0.2, 0) is 16.6 Å².